The van der Waals surface area contributed by atoms with Gasteiger partial charge in [-0.15, -0.1) is 0 Å². The lowest BCUT2D eigenvalue weighted by Crippen LogP contribution is -2.45. The molecule has 1 aliphatic rings. The lowest BCUT2D eigenvalue weighted by Gasteiger charge is -2.37. The van der Waals surface area contributed by atoms with Crippen LogP contribution in [0.3, 0.4) is 0 Å². The minimum atomic E-state index is -0.733. The van der Waals surface area contributed by atoms with Crippen molar-refractivity contribution in [3.8, 4) is 17.0 Å². The van der Waals surface area contributed by atoms with Crippen LogP contribution in [0.2, 0.25) is 0 Å². The molecule has 0 spiro atoms. The lowest BCUT2D eigenvalue weighted by molar-refractivity contribution is -0.0265. The van der Waals surface area contributed by atoms with Gasteiger partial charge in [-0.2, -0.15) is 0 Å². The number of hydrogen-bond donors (Lipinski definition) is 1. The molecule has 0 radical (unpaired) electrons. The second-order valence-electron chi connectivity index (χ2n) is 7.80. The van der Waals surface area contributed by atoms with Gasteiger partial charge in [-0.3, -0.25) is 4.90 Å². The molecular formula is C24H28N2O3. The van der Waals surface area contributed by atoms with Crippen LogP contribution in [0.15, 0.2) is 65.2 Å². The first-order chi connectivity index (χ1) is 14.1. The predicted molar refractivity (Wildman–Crippen MR) is 113 cm³/mol. The fourth-order valence-electron chi connectivity index (χ4n) is 3.89. The van der Waals surface area contributed by atoms with Crippen molar-refractivity contribution in [1.82, 2.24) is 10.1 Å². The zero-order chi connectivity index (χ0) is 20.1. The molecule has 0 amide bonds. The highest BCUT2D eigenvalue weighted by atomic mass is 16.5. The highest BCUT2D eigenvalue weighted by molar-refractivity contribution is 5.58. The fraction of sp³-hybridized carbons (Fsp3) is 0.375. The molecule has 0 unspecified atom stereocenters. The van der Waals surface area contributed by atoms with E-state index in [1.165, 1.54) is 5.56 Å². The van der Waals surface area contributed by atoms with Crippen LogP contribution >= 0.6 is 0 Å². The molecular weight excluding hydrogens is 364 g/mol. The van der Waals surface area contributed by atoms with Crippen LogP contribution in [0.5, 0.6) is 5.75 Å². The van der Waals surface area contributed by atoms with Gasteiger partial charge in [-0.05, 0) is 37.5 Å². The van der Waals surface area contributed by atoms with Crippen molar-refractivity contribution in [1.29, 1.82) is 0 Å². The molecule has 29 heavy (non-hydrogen) atoms. The summed E-state index contributed by atoms with van der Waals surface area (Å²) in [6.45, 7) is 5.29. The topological polar surface area (TPSA) is 58.7 Å². The van der Waals surface area contributed by atoms with Crippen molar-refractivity contribution in [2.24, 2.45) is 0 Å². The summed E-state index contributed by atoms with van der Waals surface area (Å²) in [5.74, 6) is 1.65. The van der Waals surface area contributed by atoms with Crippen LogP contribution in [0.4, 0.5) is 0 Å². The molecule has 1 aromatic heterocycles. The smallest absolute Gasteiger partial charge is 0.140 e. The number of rotatable bonds is 7. The number of nitrogens with zero attached hydrogens (tertiary/aromatic N) is 2. The van der Waals surface area contributed by atoms with Gasteiger partial charge in [0.1, 0.15) is 17.2 Å². The molecule has 5 nitrogen and oxygen atoms in total. The summed E-state index contributed by atoms with van der Waals surface area (Å²) in [5.41, 5.74) is 2.38. The molecule has 2 heterocycles. The molecule has 0 saturated carbocycles. The van der Waals surface area contributed by atoms with Gasteiger partial charge in [0.25, 0.3) is 0 Å². The number of aliphatic hydroxyl groups is 1. The highest BCUT2D eigenvalue weighted by Crippen LogP contribution is 2.29. The molecule has 1 saturated heterocycles. The van der Waals surface area contributed by atoms with Gasteiger partial charge in [0.05, 0.1) is 12.2 Å². The van der Waals surface area contributed by atoms with E-state index in [1.54, 1.807) is 0 Å². The standard InChI is InChI=1S/C24H28N2O3/c1-2-28-21-10-8-19(9-11-21)18-26-14-12-24(27,13-15-26)17-22-16-23(25-29-22)20-6-4-3-5-7-20/h3-11,16,27H,2,12-15,17-18H2,1H3. The molecule has 1 fully saturated rings. The first-order valence-corrected chi connectivity index (χ1v) is 10.3. The van der Waals surface area contributed by atoms with E-state index in [0.717, 1.165) is 55.2 Å². The average molecular weight is 392 g/mol. The molecule has 152 valence electrons. The Morgan fingerprint density at radius 3 is 2.48 bits per heavy atom. The van der Waals surface area contributed by atoms with E-state index in [2.05, 4.69) is 22.2 Å². The first kappa shape index (κ1) is 19.7. The zero-order valence-electron chi connectivity index (χ0n) is 16.9. The van der Waals surface area contributed by atoms with E-state index in [0.29, 0.717) is 13.0 Å². The van der Waals surface area contributed by atoms with E-state index in [-0.39, 0.29) is 0 Å². The quantitative estimate of drug-likeness (QED) is 0.649. The Morgan fingerprint density at radius 2 is 1.79 bits per heavy atom. The number of ether oxygens (including phenoxy) is 1. The second-order valence-corrected chi connectivity index (χ2v) is 7.80. The van der Waals surface area contributed by atoms with E-state index in [1.807, 2.05) is 55.5 Å². The Bertz CT molecular complexity index is 897. The van der Waals surface area contributed by atoms with Crippen LogP contribution < -0.4 is 4.74 Å². The Kier molecular flexibility index (Phi) is 5.97. The van der Waals surface area contributed by atoms with Gasteiger partial charge in [-0.25, -0.2) is 0 Å². The summed E-state index contributed by atoms with van der Waals surface area (Å²) in [6, 6.07) is 20.2. The van der Waals surface area contributed by atoms with Crippen molar-refractivity contribution in [3.05, 3.63) is 72.0 Å². The third-order valence-corrected chi connectivity index (χ3v) is 5.56. The van der Waals surface area contributed by atoms with Gasteiger partial charge >= 0.3 is 0 Å². The van der Waals surface area contributed by atoms with E-state index in [4.69, 9.17) is 9.26 Å². The lowest BCUT2D eigenvalue weighted by atomic mass is 9.87. The van der Waals surface area contributed by atoms with E-state index >= 15 is 0 Å². The Balaban J connectivity index is 1.31. The zero-order valence-corrected chi connectivity index (χ0v) is 16.9. The highest BCUT2D eigenvalue weighted by Gasteiger charge is 2.33. The van der Waals surface area contributed by atoms with E-state index in [9.17, 15) is 5.11 Å². The van der Waals surface area contributed by atoms with Crippen LogP contribution in [0.25, 0.3) is 11.3 Å². The Morgan fingerprint density at radius 1 is 1.07 bits per heavy atom. The number of aromatic nitrogens is 1. The average Bonchev–Trinajstić information content (AvgIpc) is 3.20. The van der Waals surface area contributed by atoms with E-state index < -0.39 is 5.60 Å². The van der Waals surface area contributed by atoms with Crippen molar-refractivity contribution < 1.29 is 14.4 Å². The SMILES string of the molecule is CCOc1ccc(CN2CCC(O)(Cc3cc(-c4ccccc4)no3)CC2)cc1. The van der Waals surface area contributed by atoms with Gasteiger partial charge in [0.15, 0.2) is 0 Å². The van der Waals surface area contributed by atoms with Crippen molar-refractivity contribution in [3.63, 3.8) is 0 Å². The maximum atomic E-state index is 11.1. The minimum Gasteiger partial charge on any atom is -0.494 e. The number of benzene rings is 2. The monoisotopic (exact) mass is 392 g/mol. The van der Waals surface area contributed by atoms with Gasteiger partial charge in [-0.1, -0.05) is 47.6 Å². The third-order valence-electron chi connectivity index (χ3n) is 5.56. The van der Waals surface area contributed by atoms with Gasteiger partial charge in [0, 0.05) is 37.7 Å². The summed E-state index contributed by atoms with van der Waals surface area (Å²) < 4.78 is 11.0. The van der Waals surface area contributed by atoms with Gasteiger partial charge in [0.2, 0.25) is 0 Å². The molecule has 3 aromatic rings. The Labute approximate surface area is 171 Å². The van der Waals surface area contributed by atoms with Crippen molar-refractivity contribution in [2.75, 3.05) is 19.7 Å². The van der Waals surface area contributed by atoms with Gasteiger partial charge < -0.3 is 14.4 Å². The fourth-order valence-corrected chi connectivity index (χ4v) is 3.89. The first-order valence-electron chi connectivity index (χ1n) is 10.3. The predicted octanol–water partition coefficient (Wildman–Crippen LogP) is 4.31. The second kappa shape index (κ2) is 8.80. The molecule has 0 atom stereocenters. The molecule has 2 aromatic carbocycles. The number of likely N-dealkylation sites (tertiary alicyclic amines) is 1. The minimum absolute atomic E-state index is 0.504. The summed E-state index contributed by atoms with van der Waals surface area (Å²) in [6.07, 6.45) is 1.96. The van der Waals surface area contributed by atoms with Crippen molar-refractivity contribution >= 4 is 0 Å². The van der Waals surface area contributed by atoms with Crippen LogP contribution in [0.1, 0.15) is 31.1 Å². The molecule has 1 N–H and O–H groups in total. The molecule has 5 heteroatoms. The summed E-state index contributed by atoms with van der Waals surface area (Å²) in [5, 5.41) is 15.2. The number of hydrogen-bond acceptors (Lipinski definition) is 5. The third kappa shape index (κ3) is 5.05. The molecule has 1 aliphatic heterocycles. The largest absolute Gasteiger partial charge is 0.494 e. The number of piperidine rings is 1. The maximum Gasteiger partial charge on any atom is 0.140 e. The normalized spacial score (nSPS) is 16.6. The molecule has 0 aliphatic carbocycles. The molecule has 4 rings (SSSR count). The summed E-state index contributed by atoms with van der Waals surface area (Å²) in [7, 11) is 0. The van der Waals surface area contributed by atoms with Crippen LogP contribution in [-0.4, -0.2) is 40.5 Å². The summed E-state index contributed by atoms with van der Waals surface area (Å²) >= 11 is 0. The van der Waals surface area contributed by atoms with Crippen molar-refractivity contribution in [2.45, 2.75) is 38.3 Å². The van der Waals surface area contributed by atoms with Crippen LogP contribution in [0, 0.1) is 0 Å². The summed E-state index contributed by atoms with van der Waals surface area (Å²) in [4.78, 5) is 2.39. The maximum absolute atomic E-state index is 11.1. The molecule has 0 bridgehead atoms. The van der Waals surface area contributed by atoms with Crippen LogP contribution in [-0.2, 0) is 13.0 Å². The Hall–Kier alpha value is -2.63.